The lowest BCUT2D eigenvalue weighted by Crippen LogP contribution is -2.01. The van der Waals surface area contributed by atoms with E-state index in [1.165, 1.54) is 5.56 Å². The molecule has 16 heavy (non-hydrogen) atoms. The minimum atomic E-state index is 0.658. The third-order valence-electron chi connectivity index (χ3n) is 2.22. The number of nitrogens with zero attached hydrogens (tertiary/aromatic N) is 1. The molecule has 2 rings (SSSR count). The first-order chi connectivity index (χ1) is 7.84. The van der Waals surface area contributed by atoms with Gasteiger partial charge in [-0.2, -0.15) is 0 Å². The van der Waals surface area contributed by atoms with Crippen LogP contribution < -0.4 is 4.74 Å². The standard InChI is InChI=1S/C13H12ClNO/c14-12-3-1-11(2-4-12)7-10-16-13-5-8-15-9-6-13/h1-6,8-9H,7,10H2. The Morgan fingerprint density at radius 2 is 1.69 bits per heavy atom. The predicted octanol–water partition coefficient (Wildman–Crippen LogP) is 3.36. The van der Waals surface area contributed by atoms with Gasteiger partial charge in [-0.25, -0.2) is 0 Å². The van der Waals surface area contributed by atoms with Crippen molar-refractivity contribution in [3.8, 4) is 5.75 Å². The molecule has 0 radical (unpaired) electrons. The van der Waals surface area contributed by atoms with Crippen LogP contribution in [0.2, 0.25) is 5.02 Å². The van der Waals surface area contributed by atoms with Crippen LogP contribution in [0.1, 0.15) is 5.56 Å². The van der Waals surface area contributed by atoms with Gasteiger partial charge in [0.15, 0.2) is 0 Å². The second kappa shape index (κ2) is 5.52. The summed E-state index contributed by atoms with van der Waals surface area (Å²) in [5, 5.41) is 0.763. The molecule has 3 heteroatoms. The van der Waals surface area contributed by atoms with Crippen LogP contribution in [-0.4, -0.2) is 11.6 Å². The topological polar surface area (TPSA) is 22.1 Å². The van der Waals surface area contributed by atoms with Crippen LogP contribution in [0.3, 0.4) is 0 Å². The van der Waals surface area contributed by atoms with Crippen LogP contribution in [0, 0.1) is 0 Å². The maximum atomic E-state index is 5.80. The van der Waals surface area contributed by atoms with Gasteiger partial charge in [-0.3, -0.25) is 4.98 Å². The zero-order valence-electron chi connectivity index (χ0n) is 8.77. The van der Waals surface area contributed by atoms with Crippen LogP contribution in [0.5, 0.6) is 5.75 Å². The van der Waals surface area contributed by atoms with E-state index in [2.05, 4.69) is 4.98 Å². The highest BCUT2D eigenvalue weighted by molar-refractivity contribution is 6.30. The highest BCUT2D eigenvalue weighted by Crippen LogP contribution is 2.11. The van der Waals surface area contributed by atoms with Gasteiger partial charge in [-0.1, -0.05) is 23.7 Å². The molecule has 0 unspecified atom stereocenters. The Morgan fingerprint density at radius 3 is 2.38 bits per heavy atom. The van der Waals surface area contributed by atoms with Crippen molar-refractivity contribution in [3.05, 3.63) is 59.4 Å². The number of aromatic nitrogens is 1. The molecule has 0 aliphatic carbocycles. The number of benzene rings is 1. The summed E-state index contributed by atoms with van der Waals surface area (Å²) in [7, 11) is 0. The Kier molecular flexibility index (Phi) is 3.78. The largest absolute Gasteiger partial charge is 0.493 e. The summed E-state index contributed by atoms with van der Waals surface area (Å²) in [6.45, 7) is 0.658. The molecule has 1 heterocycles. The highest BCUT2D eigenvalue weighted by Gasteiger charge is 1.95. The molecule has 0 saturated heterocycles. The maximum absolute atomic E-state index is 5.80. The van der Waals surface area contributed by atoms with Crippen molar-refractivity contribution in [1.82, 2.24) is 4.98 Å². The maximum Gasteiger partial charge on any atom is 0.122 e. The van der Waals surface area contributed by atoms with Gasteiger partial charge >= 0.3 is 0 Å². The fourth-order valence-corrected chi connectivity index (χ4v) is 1.50. The van der Waals surface area contributed by atoms with E-state index in [0.29, 0.717) is 6.61 Å². The normalized spacial score (nSPS) is 10.1. The summed E-state index contributed by atoms with van der Waals surface area (Å²) < 4.78 is 5.57. The Balaban J connectivity index is 1.82. The summed E-state index contributed by atoms with van der Waals surface area (Å²) in [6.07, 6.45) is 4.31. The first-order valence-corrected chi connectivity index (χ1v) is 5.50. The summed E-state index contributed by atoms with van der Waals surface area (Å²) in [5.41, 5.74) is 1.22. The van der Waals surface area contributed by atoms with Crippen molar-refractivity contribution in [2.45, 2.75) is 6.42 Å². The molecule has 1 aromatic carbocycles. The Morgan fingerprint density at radius 1 is 1.00 bits per heavy atom. The van der Waals surface area contributed by atoms with Gasteiger partial charge in [-0.15, -0.1) is 0 Å². The van der Waals surface area contributed by atoms with Crippen molar-refractivity contribution in [2.24, 2.45) is 0 Å². The number of hydrogen-bond acceptors (Lipinski definition) is 2. The number of halogens is 1. The molecule has 0 aliphatic heterocycles. The summed E-state index contributed by atoms with van der Waals surface area (Å²) in [5.74, 6) is 0.851. The van der Waals surface area contributed by atoms with Crippen molar-refractivity contribution >= 4 is 11.6 Å². The van der Waals surface area contributed by atoms with E-state index in [0.717, 1.165) is 17.2 Å². The lowest BCUT2D eigenvalue weighted by molar-refractivity contribution is 0.321. The van der Waals surface area contributed by atoms with Gasteiger partial charge in [0.1, 0.15) is 5.75 Å². The van der Waals surface area contributed by atoms with Crippen LogP contribution in [-0.2, 0) is 6.42 Å². The van der Waals surface area contributed by atoms with Crippen LogP contribution in [0.25, 0.3) is 0 Å². The molecule has 0 fully saturated rings. The molecule has 0 atom stereocenters. The Labute approximate surface area is 99.9 Å². The molecule has 2 aromatic rings. The second-order valence-electron chi connectivity index (χ2n) is 3.41. The number of hydrogen-bond donors (Lipinski definition) is 0. The van der Waals surface area contributed by atoms with E-state index in [4.69, 9.17) is 16.3 Å². The van der Waals surface area contributed by atoms with Crippen LogP contribution in [0.4, 0.5) is 0 Å². The van der Waals surface area contributed by atoms with Crippen molar-refractivity contribution in [3.63, 3.8) is 0 Å². The smallest absolute Gasteiger partial charge is 0.122 e. The average Bonchev–Trinajstić information content (AvgIpc) is 2.33. The monoisotopic (exact) mass is 233 g/mol. The number of pyridine rings is 1. The number of rotatable bonds is 4. The zero-order valence-corrected chi connectivity index (χ0v) is 9.52. The number of ether oxygens (including phenoxy) is 1. The van der Waals surface area contributed by atoms with E-state index in [1.807, 2.05) is 36.4 Å². The van der Waals surface area contributed by atoms with Crippen molar-refractivity contribution in [1.29, 1.82) is 0 Å². The molecule has 0 N–H and O–H groups in total. The molecule has 2 nitrogen and oxygen atoms in total. The van der Waals surface area contributed by atoms with Crippen LogP contribution in [0.15, 0.2) is 48.8 Å². The molecular weight excluding hydrogens is 222 g/mol. The van der Waals surface area contributed by atoms with E-state index in [1.54, 1.807) is 12.4 Å². The molecule has 0 bridgehead atoms. The zero-order chi connectivity index (χ0) is 11.2. The van der Waals surface area contributed by atoms with Gasteiger partial charge in [0, 0.05) is 23.8 Å². The van der Waals surface area contributed by atoms with E-state index < -0.39 is 0 Å². The van der Waals surface area contributed by atoms with Gasteiger partial charge in [0.2, 0.25) is 0 Å². The molecule has 0 aliphatic rings. The third kappa shape index (κ3) is 3.24. The second-order valence-corrected chi connectivity index (χ2v) is 3.84. The molecule has 0 saturated carbocycles. The van der Waals surface area contributed by atoms with Crippen molar-refractivity contribution < 1.29 is 4.74 Å². The quantitative estimate of drug-likeness (QED) is 0.808. The fourth-order valence-electron chi connectivity index (χ4n) is 1.37. The van der Waals surface area contributed by atoms with Gasteiger partial charge < -0.3 is 4.74 Å². The molecule has 82 valence electrons. The molecule has 1 aromatic heterocycles. The molecule has 0 spiro atoms. The van der Waals surface area contributed by atoms with Crippen molar-refractivity contribution in [2.75, 3.05) is 6.61 Å². The van der Waals surface area contributed by atoms with E-state index in [-0.39, 0.29) is 0 Å². The minimum absolute atomic E-state index is 0.658. The van der Waals surface area contributed by atoms with Gasteiger partial charge in [-0.05, 0) is 29.8 Å². The highest BCUT2D eigenvalue weighted by atomic mass is 35.5. The minimum Gasteiger partial charge on any atom is -0.493 e. The van der Waals surface area contributed by atoms with Crippen LogP contribution >= 0.6 is 11.6 Å². The van der Waals surface area contributed by atoms with Gasteiger partial charge in [0.05, 0.1) is 6.61 Å². The Bertz CT molecular complexity index is 427. The third-order valence-corrected chi connectivity index (χ3v) is 2.47. The first-order valence-electron chi connectivity index (χ1n) is 5.12. The fraction of sp³-hybridized carbons (Fsp3) is 0.154. The summed E-state index contributed by atoms with van der Waals surface area (Å²) in [6, 6.07) is 11.5. The summed E-state index contributed by atoms with van der Waals surface area (Å²) in [4.78, 5) is 3.93. The molecule has 0 amide bonds. The van der Waals surface area contributed by atoms with E-state index >= 15 is 0 Å². The SMILES string of the molecule is Clc1ccc(CCOc2ccncc2)cc1. The lowest BCUT2D eigenvalue weighted by atomic mass is 10.2. The lowest BCUT2D eigenvalue weighted by Gasteiger charge is -2.05. The Hall–Kier alpha value is -1.54. The first kappa shape index (κ1) is 11.0. The van der Waals surface area contributed by atoms with E-state index in [9.17, 15) is 0 Å². The van der Waals surface area contributed by atoms with Gasteiger partial charge in [0.25, 0.3) is 0 Å². The predicted molar refractivity (Wildman–Crippen MR) is 64.9 cm³/mol. The average molecular weight is 234 g/mol. The molecular formula is C13H12ClNO. The summed E-state index contributed by atoms with van der Waals surface area (Å²) >= 11 is 5.80.